The molecule has 0 bridgehead atoms. The molecular formula is C24H34O. The predicted octanol–water partition coefficient (Wildman–Crippen LogP) is 7.01. The maximum absolute atomic E-state index is 9.49. The summed E-state index contributed by atoms with van der Waals surface area (Å²) in [5.41, 5.74) is 3.94. The van der Waals surface area contributed by atoms with Crippen LogP contribution in [0.1, 0.15) is 82.4 Å². The summed E-state index contributed by atoms with van der Waals surface area (Å²) in [5.74, 6) is 0.324. The molecule has 0 aromatic heterocycles. The Bertz CT molecular complexity index is 608. The Morgan fingerprint density at radius 1 is 0.680 bits per heavy atom. The minimum Gasteiger partial charge on any atom is -0.508 e. The Balaban J connectivity index is 1.85. The van der Waals surface area contributed by atoms with Crippen LogP contribution in [0, 0.1) is 0 Å². The van der Waals surface area contributed by atoms with Crippen molar-refractivity contribution in [1.82, 2.24) is 0 Å². The molecule has 1 N–H and O–H groups in total. The van der Waals surface area contributed by atoms with Crippen molar-refractivity contribution in [1.29, 1.82) is 0 Å². The normalized spacial score (nSPS) is 11.6. The van der Waals surface area contributed by atoms with E-state index in [4.69, 9.17) is 0 Å². The Morgan fingerprint density at radius 3 is 1.72 bits per heavy atom. The summed E-state index contributed by atoms with van der Waals surface area (Å²) in [7, 11) is 0. The number of benzene rings is 2. The molecule has 2 aromatic rings. The minimum absolute atomic E-state index is 0.0501. The lowest BCUT2D eigenvalue weighted by Crippen LogP contribution is -2.18. The van der Waals surface area contributed by atoms with E-state index in [-0.39, 0.29) is 5.41 Å². The number of aryl methyl sites for hydroxylation is 1. The van der Waals surface area contributed by atoms with Gasteiger partial charge in [-0.15, -0.1) is 0 Å². The van der Waals surface area contributed by atoms with Crippen LogP contribution in [0.25, 0.3) is 0 Å². The van der Waals surface area contributed by atoms with Gasteiger partial charge in [-0.25, -0.2) is 0 Å². The van der Waals surface area contributed by atoms with E-state index >= 15 is 0 Å². The van der Waals surface area contributed by atoms with Gasteiger partial charge in [-0.3, -0.25) is 0 Å². The number of aromatic hydroxyl groups is 1. The van der Waals surface area contributed by atoms with E-state index in [0.29, 0.717) is 5.75 Å². The van der Waals surface area contributed by atoms with Crippen molar-refractivity contribution in [2.24, 2.45) is 0 Å². The average molecular weight is 339 g/mol. The molecule has 0 spiro atoms. The number of hydrogen-bond acceptors (Lipinski definition) is 1. The van der Waals surface area contributed by atoms with E-state index in [0.717, 1.165) is 0 Å². The van der Waals surface area contributed by atoms with Crippen LogP contribution in [0.3, 0.4) is 0 Å². The van der Waals surface area contributed by atoms with E-state index in [1.165, 1.54) is 68.1 Å². The van der Waals surface area contributed by atoms with Gasteiger partial charge in [0.05, 0.1) is 0 Å². The zero-order chi connectivity index (χ0) is 18.1. The third kappa shape index (κ3) is 5.92. The quantitative estimate of drug-likeness (QED) is 0.462. The molecule has 2 aromatic carbocycles. The fourth-order valence-corrected chi connectivity index (χ4v) is 3.42. The van der Waals surface area contributed by atoms with Crippen LogP contribution in [0.2, 0.25) is 0 Å². The maximum Gasteiger partial charge on any atom is 0.115 e. The van der Waals surface area contributed by atoms with Gasteiger partial charge in [0, 0.05) is 5.41 Å². The fourth-order valence-electron chi connectivity index (χ4n) is 3.42. The molecule has 1 heteroatoms. The van der Waals surface area contributed by atoms with Gasteiger partial charge in [0.25, 0.3) is 0 Å². The first-order valence-corrected chi connectivity index (χ1v) is 9.93. The summed E-state index contributed by atoms with van der Waals surface area (Å²) in [5, 5.41) is 9.49. The molecule has 0 amide bonds. The molecule has 1 nitrogen and oxygen atoms in total. The third-order valence-electron chi connectivity index (χ3n) is 5.33. The molecule has 0 heterocycles. The highest BCUT2D eigenvalue weighted by Gasteiger charge is 2.22. The lowest BCUT2D eigenvalue weighted by molar-refractivity contribution is 0.474. The topological polar surface area (TPSA) is 20.2 Å². The smallest absolute Gasteiger partial charge is 0.115 e. The van der Waals surface area contributed by atoms with Crippen molar-refractivity contribution in [2.75, 3.05) is 0 Å². The van der Waals surface area contributed by atoms with Gasteiger partial charge in [-0.2, -0.15) is 0 Å². The number of rotatable bonds is 10. The molecule has 0 aliphatic heterocycles. The molecule has 0 saturated carbocycles. The molecular weight excluding hydrogens is 304 g/mol. The van der Waals surface area contributed by atoms with Gasteiger partial charge in [0.2, 0.25) is 0 Å². The molecule has 0 saturated heterocycles. The van der Waals surface area contributed by atoms with Crippen LogP contribution in [0.4, 0.5) is 0 Å². The number of unbranched alkanes of at least 4 members (excludes halogenated alkanes) is 6. The summed E-state index contributed by atoms with van der Waals surface area (Å²) >= 11 is 0. The van der Waals surface area contributed by atoms with Crippen molar-refractivity contribution in [3.05, 3.63) is 65.2 Å². The van der Waals surface area contributed by atoms with E-state index in [9.17, 15) is 5.11 Å². The van der Waals surface area contributed by atoms with Crippen LogP contribution >= 0.6 is 0 Å². The van der Waals surface area contributed by atoms with Gasteiger partial charge in [0.15, 0.2) is 0 Å². The first-order chi connectivity index (χ1) is 12.0. The van der Waals surface area contributed by atoms with Crippen molar-refractivity contribution >= 4 is 0 Å². The number of hydrogen-bond donors (Lipinski definition) is 1. The van der Waals surface area contributed by atoms with Gasteiger partial charge < -0.3 is 5.11 Å². The second-order valence-electron chi connectivity index (χ2n) is 7.74. The molecule has 0 fully saturated rings. The lowest BCUT2D eigenvalue weighted by Gasteiger charge is -2.26. The first-order valence-electron chi connectivity index (χ1n) is 9.93. The lowest BCUT2D eigenvalue weighted by atomic mass is 9.78. The first kappa shape index (κ1) is 19.6. The highest BCUT2D eigenvalue weighted by atomic mass is 16.3. The van der Waals surface area contributed by atoms with Crippen LogP contribution in [0.15, 0.2) is 48.5 Å². The van der Waals surface area contributed by atoms with Crippen molar-refractivity contribution < 1.29 is 5.11 Å². The largest absolute Gasteiger partial charge is 0.508 e. The summed E-state index contributed by atoms with van der Waals surface area (Å²) in [6.45, 7) is 6.75. The summed E-state index contributed by atoms with van der Waals surface area (Å²) in [4.78, 5) is 0. The van der Waals surface area contributed by atoms with Gasteiger partial charge >= 0.3 is 0 Å². The zero-order valence-corrected chi connectivity index (χ0v) is 16.2. The molecule has 0 atom stereocenters. The molecule has 0 unspecified atom stereocenters. The number of phenols is 1. The molecule has 136 valence electrons. The second kappa shape index (κ2) is 9.65. The average Bonchev–Trinajstić information content (AvgIpc) is 2.62. The minimum atomic E-state index is -0.0501. The summed E-state index contributed by atoms with van der Waals surface area (Å²) in [6, 6.07) is 16.7. The molecule has 2 rings (SSSR count). The van der Waals surface area contributed by atoms with E-state index in [1.54, 1.807) is 12.1 Å². The second-order valence-corrected chi connectivity index (χ2v) is 7.74. The van der Waals surface area contributed by atoms with Crippen LogP contribution < -0.4 is 0 Å². The highest BCUT2D eigenvalue weighted by molar-refractivity contribution is 5.40. The summed E-state index contributed by atoms with van der Waals surface area (Å²) in [6.07, 6.45) is 10.7. The van der Waals surface area contributed by atoms with Crippen LogP contribution in [0.5, 0.6) is 5.75 Å². The Kier molecular flexibility index (Phi) is 7.55. The molecule has 0 aliphatic carbocycles. The van der Waals surface area contributed by atoms with Crippen molar-refractivity contribution in [2.45, 2.75) is 77.6 Å². The Morgan fingerprint density at radius 2 is 1.16 bits per heavy atom. The zero-order valence-electron chi connectivity index (χ0n) is 16.2. The Hall–Kier alpha value is -1.76. The van der Waals surface area contributed by atoms with Gasteiger partial charge in [-0.1, -0.05) is 95.7 Å². The molecule has 0 radical (unpaired) electrons. The fraction of sp³-hybridized carbons (Fsp3) is 0.500. The molecule has 0 aliphatic rings. The maximum atomic E-state index is 9.49. The third-order valence-corrected chi connectivity index (χ3v) is 5.33. The molecule has 25 heavy (non-hydrogen) atoms. The monoisotopic (exact) mass is 338 g/mol. The van der Waals surface area contributed by atoms with E-state index < -0.39 is 0 Å². The van der Waals surface area contributed by atoms with Crippen LogP contribution in [-0.4, -0.2) is 5.11 Å². The Labute approximate surface area is 154 Å². The van der Waals surface area contributed by atoms with E-state index in [2.05, 4.69) is 45.0 Å². The summed E-state index contributed by atoms with van der Waals surface area (Å²) < 4.78 is 0. The standard InChI is InChI=1S/C24H34O/c1-4-5-6-7-8-9-10-11-20-12-14-21(15-13-20)24(2,3)22-16-18-23(25)19-17-22/h12-19,25H,4-11H2,1-3H3. The van der Waals surface area contributed by atoms with E-state index in [1.807, 2.05) is 12.1 Å². The van der Waals surface area contributed by atoms with Crippen molar-refractivity contribution in [3.8, 4) is 5.75 Å². The van der Waals surface area contributed by atoms with Crippen LogP contribution in [-0.2, 0) is 11.8 Å². The number of phenolic OH excluding ortho intramolecular Hbond substituents is 1. The highest BCUT2D eigenvalue weighted by Crippen LogP contribution is 2.32. The predicted molar refractivity (Wildman–Crippen MR) is 108 cm³/mol. The van der Waals surface area contributed by atoms with Gasteiger partial charge in [-0.05, 0) is 41.7 Å². The van der Waals surface area contributed by atoms with Gasteiger partial charge in [0.1, 0.15) is 5.75 Å². The SMILES string of the molecule is CCCCCCCCCc1ccc(C(C)(C)c2ccc(O)cc2)cc1. The van der Waals surface area contributed by atoms with Crippen molar-refractivity contribution in [3.63, 3.8) is 0 Å².